The molecule has 2 aromatic rings. The number of thioether (sulfide) groups is 1. The molecule has 0 aliphatic heterocycles. The van der Waals surface area contributed by atoms with Crippen molar-refractivity contribution in [1.82, 2.24) is 9.97 Å². The zero-order valence-electron chi connectivity index (χ0n) is 12.6. The molecule has 3 nitrogen and oxygen atoms in total. The minimum absolute atomic E-state index is 0.740. The van der Waals surface area contributed by atoms with Gasteiger partial charge < -0.3 is 5.32 Å². The summed E-state index contributed by atoms with van der Waals surface area (Å²) in [6, 6.07) is 7.85. The van der Waals surface area contributed by atoms with Gasteiger partial charge in [-0.3, -0.25) is 0 Å². The molecule has 2 rings (SSSR count). The second kappa shape index (κ2) is 7.66. The van der Waals surface area contributed by atoms with Crippen LogP contribution in [0.25, 0.3) is 0 Å². The van der Waals surface area contributed by atoms with E-state index in [-0.39, 0.29) is 0 Å². The molecule has 0 unspecified atom stereocenters. The van der Waals surface area contributed by atoms with Gasteiger partial charge in [0.15, 0.2) is 0 Å². The molecule has 0 radical (unpaired) electrons. The van der Waals surface area contributed by atoms with Gasteiger partial charge in [-0.15, -0.1) is 11.8 Å². The van der Waals surface area contributed by atoms with Crippen molar-refractivity contribution in [1.29, 1.82) is 0 Å². The Bertz CT molecular complexity index is 616. The number of halogens is 1. The number of aryl methyl sites for hydroxylation is 1. The van der Waals surface area contributed by atoms with Crippen LogP contribution in [-0.2, 0) is 12.2 Å². The van der Waals surface area contributed by atoms with E-state index in [0.717, 1.165) is 46.0 Å². The number of nitrogens with one attached hydrogen (secondary N) is 1. The van der Waals surface area contributed by atoms with Crippen LogP contribution >= 0.6 is 23.4 Å². The fourth-order valence-electron chi connectivity index (χ4n) is 2.16. The SMILES string of the molecule is CCNc1nc(CSc2cccc(Cl)c2)nc(C)c1CC. The third-order valence-electron chi connectivity index (χ3n) is 3.12. The molecule has 21 heavy (non-hydrogen) atoms. The number of nitrogens with zero attached hydrogens (tertiary/aromatic N) is 2. The highest BCUT2D eigenvalue weighted by Crippen LogP contribution is 2.25. The van der Waals surface area contributed by atoms with E-state index in [0.29, 0.717) is 0 Å². The van der Waals surface area contributed by atoms with Crippen molar-refractivity contribution in [2.24, 2.45) is 0 Å². The topological polar surface area (TPSA) is 37.8 Å². The van der Waals surface area contributed by atoms with Crippen LogP contribution in [0.5, 0.6) is 0 Å². The lowest BCUT2D eigenvalue weighted by atomic mass is 10.1. The van der Waals surface area contributed by atoms with Crippen LogP contribution in [0, 0.1) is 6.92 Å². The Balaban J connectivity index is 2.16. The highest BCUT2D eigenvalue weighted by Gasteiger charge is 2.10. The largest absolute Gasteiger partial charge is 0.370 e. The lowest BCUT2D eigenvalue weighted by Gasteiger charge is -2.12. The molecule has 5 heteroatoms. The van der Waals surface area contributed by atoms with Crippen LogP contribution in [-0.4, -0.2) is 16.5 Å². The van der Waals surface area contributed by atoms with Gasteiger partial charge in [0.1, 0.15) is 11.6 Å². The molecule has 0 saturated carbocycles. The predicted octanol–water partition coefficient (Wildman–Crippen LogP) is 4.72. The average molecular weight is 322 g/mol. The normalized spacial score (nSPS) is 10.7. The molecular weight excluding hydrogens is 302 g/mol. The van der Waals surface area contributed by atoms with Crippen molar-refractivity contribution in [3.05, 3.63) is 46.4 Å². The summed E-state index contributed by atoms with van der Waals surface area (Å²) >= 11 is 7.70. The van der Waals surface area contributed by atoms with Crippen LogP contribution in [0.1, 0.15) is 30.9 Å². The Kier molecular flexibility index (Phi) is 5.88. The number of hydrogen-bond donors (Lipinski definition) is 1. The van der Waals surface area contributed by atoms with Gasteiger partial charge in [-0.2, -0.15) is 0 Å². The van der Waals surface area contributed by atoms with Crippen LogP contribution in [0.3, 0.4) is 0 Å². The van der Waals surface area contributed by atoms with Gasteiger partial charge in [-0.25, -0.2) is 9.97 Å². The molecule has 1 heterocycles. The van der Waals surface area contributed by atoms with Crippen molar-refractivity contribution < 1.29 is 0 Å². The summed E-state index contributed by atoms with van der Waals surface area (Å²) in [4.78, 5) is 10.4. The second-order valence-electron chi connectivity index (χ2n) is 4.68. The van der Waals surface area contributed by atoms with E-state index in [1.54, 1.807) is 11.8 Å². The van der Waals surface area contributed by atoms with E-state index in [2.05, 4.69) is 42.1 Å². The molecule has 0 bridgehead atoms. The highest BCUT2D eigenvalue weighted by molar-refractivity contribution is 7.98. The summed E-state index contributed by atoms with van der Waals surface area (Å²) in [5.41, 5.74) is 2.26. The van der Waals surface area contributed by atoms with Crippen LogP contribution in [0.2, 0.25) is 5.02 Å². The Morgan fingerprint density at radius 3 is 2.71 bits per heavy atom. The van der Waals surface area contributed by atoms with Crippen LogP contribution in [0.4, 0.5) is 5.82 Å². The Morgan fingerprint density at radius 2 is 2.05 bits per heavy atom. The van der Waals surface area contributed by atoms with Crippen molar-refractivity contribution in [3.8, 4) is 0 Å². The van der Waals surface area contributed by atoms with Crippen molar-refractivity contribution in [2.75, 3.05) is 11.9 Å². The molecule has 1 N–H and O–H groups in total. The first-order valence-electron chi connectivity index (χ1n) is 7.12. The fraction of sp³-hybridized carbons (Fsp3) is 0.375. The maximum atomic E-state index is 6.00. The monoisotopic (exact) mass is 321 g/mol. The Morgan fingerprint density at radius 1 is 1.24 bits per heavy atom. The highest BCUT2D eigenvalue weighted by atomic mass is 35.5. The number of benzene rings is 1. The molecule has 0 amide bonds. The van der Waals surface area contributed by atoms with Crippen molar-refractivity contribution in [3.63, 3.8) is 0 Å². The predicted molar refractivity (Wildman–Crippen MR) is 91.3 cm³/mol. The van der Waals surface area contributed by atoms with Gasteiger partial charge in [-0.05, 0) is 38.5 Å². The molecule has 112 valence electrons. The minimum atomic E-state index is 0.740. The molecule has 0 atom stereocenters. The lowest BCUT2D eigenvalue weighted by Crippen LogP contribution is -2.09. The molecule has 0 spiro atoms. The summed E-state index contributed by atoms with van der Waals surface area (Å²) in [6.07, 6.45) is 0.940. The maximum absolute atomic E-state index is 6.00. The second-order valence-corrected chi connectivity index (χ2v) is 6.17. The van der Waals surface area contributed by atoms with E-state index in [4.69, 9.17) is 11.6 Å². The standard InChI is InChI=1S/C16H20ClN3S/c1-4-14-11(3)19-15(20-16(14)18-5-2)10-21-13-8-6-7-12(17)9-13/h6-9H,4-5,10H2,1-3H3,(H,18,19,20). The molecule has 1 aromatic carbocycles. The van der Waals surface area contributed by atoms with E-state index in [1.807, 2.05) is 18.2 Å². The molecular formula is C16H20ClN3S. The zero-order chi connectivity index (χ0) is 15.2. The first-order valence-corrected chi connectivity index (χ1v) is 8.49. The number of aromatic nitrogens is 2. The lowest BCUT2D eigenvalue weighted by molar-refractivity contribution is 0.932. The first kappa shape index (κ1) is 16.1. The third kappa shape index (κ3) is 4.35. The van der Waals surface area contributed by atoms with Crippen molar-refractivity contribution in [2.45, 2.75) is 37.8 Å². The number of anilines is 1. The number of rotatable bonds is 6. The molecule has 0 aliphatic carbocycles. The maximum Gasteiger partial charge on any atom is 0.141 e. The van der Waals surface area contributed by atoms with Gasteiger partial charge >= 0.3 is 0 Å². The summed E-state index contributed by atoms with van der Waals surface area (Å²) < 4.78 is 0. The summed E-state index contributed by atoms with van der Waals surface area (Å²) in [6.45, 7) is 7.13. The van der Waals surface area contributed by atoms with E-state index >= 15 is 0 Å². The average Bonchev–Trinajstić information content (AvgIpc) is 2.45. The quantitative estimate of drug-likeness (QED) is 0.781. The van der Waals surface area contributed by atoms with Gasteiger partial charge in [0.2, 0.25) is 0 Å². The summed E-state index contributed by atoms with van der Waals surface area (Å²) in [5, 5.41) is 4.09. The smallest absolute Gasteiger partial charge is 0.141 e. The first-order chi connectivity index (χ1) is 10.1. The van der Waals surface area contributed by atoms with Crippen LogP contribution in [0.15, 0.2) is 29.2 Å². The van der Waals surface area contributed by atoms with E-state index in [9.17, 15) is 0 Å². The van der Waals surface area contributed by atoms with Gasteiger partial charge in [0.05, 0.1) is 5.75 Å². The molecule has 0 aliphatic rings. The van der Waals surface area contributed by atoms with Gasteiger partial charge in [0, 0.05) is 27.7 Å². The molecule has 0 fully saturated rings. The summed E-state index contributed by atoms with van der Waals surface area (Å²) in [5.74, 6) is 2.56. The zero-order valence-corrected chi connectivity index (χ0v) is 14.2. The minimum Gasteiger partial charge on any atom is -0.370 e. The summed E-state index contributed by atoms with van der Waals surface area (Å²) in [7, 11) is 0. The van der Waals surface area contributed by atoms with Crippen molar-refractivity contribution >= 4 is 29.2 Å². The van der Waals surface area contributed by atoms with E-state index < -0.39 is 0 Å². The number of hydrogen-bond acceptors (Lipinski definition) is 4. The molecule has 0 saturated heterocycles. The molecule has 1 aromatic heterocycles. The van der Waals surface area contributed by atoms with Gasteiger partial charge in [-0.1, -0.05) is 24.6 Å². The van der Waals surface area contributed by atoms with Gasteiger partial charge in [0.25, 0.3) is 0 Å². The third-order valence-corrected chi connectivity index (χ3v) is 4.35. The van der Waals surface area contributed by atoms with Crippen LogP contribution < -0.4 is 5.32 Å². The van der Waals surface area contributed by atoms with E-state index in [1.165, 1.54) is 5.56 Å². The fourth-order valence-corrected chi connectivity index (χ4v) is 3.23. The Hall–Kier alpha value is -1.26. The Labute approximate surface area is 135 Å².